The van der Waals surface area contributed by atoms with Crippen LogP contribution in [0.2, 0.25) is 0 Å². The molecule has 1 aliphatic heterocycles. The van der Waals surface area contributed by atoms with E-state index in [4.69, 9.17) is 4.52 Å². The fourth-order valence-electron chi connectivity index (χ4n) is 3.79. The topological polar surface area (TPSA) is 120 Å². The summed E-state index contributed by atoms with van der Waals surface area (Å²) in [7, 11) is -1.78. The van der Waals surface area contributed by atoms with E-state index < -0.39 is 10.0 Å². The molecule has 10 nitrogen and oxygen atoms in total. The van der Waals surface area contributed by atoms with E-state index in [2.05, 4.69) is 20.8 Å². The Labute approximate surface area is 171 Å². The van der Waals surface area contributed by atoms with Gasteiger partial charge >= 0.3 is 0 Å². The minimum absolute atomic E-state index is 0.0353. The zero-order valence-electron chi connectivity index (χ0n) is 16.8. The quantitative estimate of drug-likeness (QED) is 0.491. The van der Waals surface area contributed by atoms with Crippen LogP contribution in [0.4, 0.5) is 0 Å². The zero-order valence-corrected chi connectivity index (χ0v) is 17.7. The Balaban J connectivity index is 1.44. The maximum atomic E-state index is 12.5. The highest BCUT2D eigenvalue weighted by Crippen LogP contribution is 2.17. The van der Waals surface area contributed by atoms with Crippen LogP contribution < -0.4 is 10.6 Å². The Bertz CT molecular complexity index is 781. The van der Waals surface area contributed by atoms with Gasteiger partial charge in [0.05, 0.1) is 12.2 Å². The number of carbonyl (C=O) groups is 1. The number of aromatic nitrogens is 1. The van der Waals surface area contributed by atoms with E-state index in [9.17, 15) is 13.2 Å². The lowest BCUT2D eigenvalue weighted by molar-refractivity contribution is -0.120. The summed E-state index contributed by atoms with van der Waals surface area (Å²) in [6.07, 6.45) is 7.05. The number of nitrogens with zero attached hydrogens (tertiary/aromatic N) is 4. The second-order valence-electron chi connectivity index (χ2n) is 7.44. The molecule has 1 aromatic heterocycles. The van der Waals surface area contributed by atoms with Crippen LogP contribution in [0.25, 0.3) is 0 Å². The zero-order chi connectivity index (χ0) is 20.7. The first-order chi connectivity index (χ1) is 14.0. The number of aliphatic imine (C=N–C) groups is 1. The number of carbonyl (C=O) groups excluding carboxylic acids is 1. The van der Waals surface area contributed by atoms with Crippen molar-refractivity contribution in [2.45, 2.75) is 43.9 Å². The van der Waals surface area contributed by atoms with E-state index in [-0.39, 0.29) is 24.2 Å². The van der Waals surface area contributed by atoms with Crippen LogP contribution in [-0.4, -0.2) is 80.5 Å². The first-order valence-electron chi connectivity index (χ1n) is 10.1. The van der Waals surface area contributed by atoms with E-state index >= 15 is 0 Å². The van der Waals surface area contributed by atoms with E-state index in [0.29, 0.717) is 37.8 Å². The molecule has 1 saturated heterocycles. The first kappa shape index (κ1) is 21.6. The molecular weight excluding hydrogens is 396 g/mol. The van der Waals surface area contributed by atoms with E-state index in [0.717, 1.165) is 12.8 Å². The summed E-state index contributed by atoms with van der Waals surface area (Å²) in [6.45, 7) is 1.88. The third-order valence-electron chi connectivity index (χ3n) is 5.34. The predicted octanol–water partition coefficient (Wildman–Crippen LogP) is 0.146. The summed E-state index contributed by atoms with van der Waals surface area (Å²) in [5, 5.41) is 9.84. The van der Waals surface area contributed by atoms with Crippen LogP contribution in [-0.2, 0) is 20.6 Å². The average Bonchev–Trinajstić information content (AvgIpc) is 3.22. The van der Waals surface area contributed by atoms with Crippen LogP contribution in [0.1, 0.15) is 37.8 Å². The van der Waals surface area contributed by atoms with Crippen LogP contribution in [0.5, 0.6) is 0 Å². The molecule has 2 N–H and O–H groups in total. The average molecular weight is 427 g/mol. The second kappa shape index (κ2) is 10.1. The maximum Gasteiger partial charge on any atom is 0.239 e. The Morgan fingerprint density at radius 3 is 2.59 bits per heavy atom. The number of guanidine groups is 1. The minimum atomic E-state index is -3.44. The molecular formula is C18H30N6O4S. The summed E-state index contributed by atoms with van der Waals surface area (Å²) in [5.74, 6) is 0.405. The van der Waals surface area contributed by atoms with Crippen LogP contribution in [0.15, 0.2) is 21.8 Å². The van der Waals surface area contributed by atoms with Gasteiger partial charge in [0.2, 0.25) is 15.9 Å². The predicted molar refractivity (Wildman–Crippen MR) is 109 cm³/mol. The molecule has 0 radical (unpaired) electrons. The molecule has 11 heteroatoms. The fourth-order valence-corrected chi connectivity index (χ4v) is 5.21. The summed E-state index contributed by atoms with van der Waals surface area (Å²) in [6, 6.07) is 1.83. The smallest absolute Gasteiger partial charge is 0.239 e. The monoisotopic (exact) mass is 426 g/mol. The van der Waals surface area contributed by atoms with Crippen molar-refractivity contribution in [1.82, 2.24) is 25.0 Å². The van der Waals surface area contributed by atoms with Gasteiger partial charge in [0.25, 0.3) is 0 Å². The van der Waals surface area contributed by atoms with Gasteiger partial charge in [-0.2, -0.15) is 4.31 Å². The molecule has 2 aliphatic rings. The largest absolute Gasteiger partial charge is 0.364 e. The molecule has 29 heavy (non-hydrogen) atoms. The lowest BCUT2D eigenvalue weighted by Crippen LogP contribution is -2.55. The molecule has 2 fully saturated rings. The van der Waals surface area contributed by atoms with Gasteiger partial charge < -0.3 is 20.1 Å². The van der Waals surface area contributed by atoms with E-state index in [1.165, 1.54) is 29.8 Å². The van der Waals surface area contributed by atoms with Gasteiger partial charge in [-0.3, -0.25) is 9.79 Å². The molecule has 0 bridgehead atoms. The van der Waals surface area contributed by atoms with Gasteiger partial charge in [0.15, 0.2) is 5.96 Å². The van der Waals surface area contributed by atoms with Crippen LogP contribution in [0.3, 0.4) is 0 Å². The third-order valence-corrected chi connectivity index (χ3v) is 7.15. The van der Waals surface area contributed by atoms with Crippen molar-refractivity contribution in [2.75, 3.05) is 39.8 Å². The Morgan fingerprint density at radius 1 is 1.24 bits per heavy atom. The molecule has 0 atom stereocenters. The van der Waals surface area contributed by atoms with Gasteiger partial charge in [-0.1, -0.05) is 24.4 Å². The summed E-state index contributed by atoms with van der Waals surface area (Å²) < 4.78 is 31.2. The lowest BCUT2D eigenvalue weighted by atomic mass is 9.95. The van der Waals surface area contributed by atoms with Crippen molar-refractivity contribution >= 4 is 21.9 Å². The normalized spacial score (nSPS) is 19.9. The van der Waals surface area contributed by atoms with Crippen molar-refractivity contribution in [3.05, 3.63) is 18.0 Å². The van der Waals surface area contributed by atoms with E-state index in [1.807, 2.05) is 4.90 Å². The molecule has 0 unspecified atom stereocenters. The SMILES string of the molecule is CN=C(NCC(=O)NC1CCCCC1)N1CCN(S(=O)(=O)Cc2ccon2)CC1. The number of sulfonamides is 1. The number of nitrogens with one attached hydrogen (secondary N) is 2. The van der Waals surface area contributed by atoms with Crippen molar-refractivity contribution in [3.63, 3.8) is 0 Å². The van der Waals surface area contributed by atoms with Crippen molar-refractivity contribution in [3.8, 4) is 0 Å². The van der Waals surface area contributed by atoms with Gasteiger partial charge in [-0.25, -0.2) is 8.42 Å². The first-order valence-corrected chi connectivity index (χ1v) is 11.7. The number of piperazine rings is 1. The second-order valence-corrected chi connectivity index (χ2v) is 9.41. The van der Waals surface area contributed by atoms with E-state index in [1.54, 1.807) is 13.1 Å². The molecule has 1 aliphatic carbocycles. The Kier molecular flexibility index (Phi) is 7.48. The highest BCUT2D eigenvalue weighted by molar-refractivity contribution is 7.88. The number of rotatable bonds is 6. The van der Waals surface area contributed by atoms with Crippen LogP contribution >= 0.6 is 0 Å². The summed E-state index contributed by atoms with van der Waals surface area (Å²) in [4.78, 5) is 18.4. The third kappa shape index (κ3) is 6.17. The lowest BCUT2D eigenvalue weighted by Gasteiger charge is -2.35. The Hall–Kier alpha value is -2.14. The summed E-state index contributed by atoms with van der Waals surface area (Å²) >= 11 is 0. The number of hydrogen-bond acceptors (Lipinski definition) is 6. The number of amides is 1. The molecule has 3 rings (SSSR count). The molecule has 1 aromatic rings. The van der Waals surface area contributed by atoms with Gasteiger partial charge in [0, 0.05) is 45.3 Å². The van der Waals surface area contributed by atoms with Gasteiger partial charge in [-0.15, -0.1) is 0 Å². The molecule has 2 heterocycles. The van der Waals surface area contributed by atoms with Gasteiger partial charge in [-0.05, 0) is 12.8 Å². The van der Waals surface area contributed by atoms with Gasteiger partial charge in [0.1, 0.15) is 12.0 Å². The van der Waals surface area contributed by atoms with Crippen molar-refractivity contribution in [1.29, 1.82) is 0 Å². The fraction of sp³-hybridized carbons (Fsp3) is 0.722. The van der Waals surface area contributed by atoms with Crippen molar-refractivity contribution < 1.29 is 17.7 Å². The molecule has 1 amide bonds. The number of hydrogen-bond donors (Lipinski definition) is 2. The molecule has 1 saturated carbocycles. The molecule has 162 valence electrons. The summed E-state index contributed by atoms with van der Waals surface area (Å²) in [5.41, 5.74) is 0.397. The standard InChI is InChI=1S/C18H30N6O4S/c1-19-18(20-13-17(25)21-15-5-3-2-4-6-15)23-8-10-24(11-9-23)29(26,27)14-16-7-12-28-22-16/h7,12,15H,2-6,8-11,13-14H2,1H3,(H,19,20)(H,21,25). The minimum Gasteiger partial charge on any atom is -0.364 e. The molecule has 0 spiro atoms. The molecule has 0 aromatic carbocycles. The highest BCUT2D eigenvalue weighted by atomic mass is 32.2. The highest BCUT2D eigenvalue weighted by Gasteiger charge is 2.29. The van der Waals surface area contributed by atoms with Crippen molar-refractivity contribution in [2.24, 2.45) is 4.99 Å². The maximum absolute atomic E-state index is 12.5. The van der Waals surface area contributed by atoms with Crippen LogP contribution in [0, 0.1) is 0 Å². The Morgan fingerprint density at radius 2 is 1.97 bits per heavy atom.